The van der Waals surface area contributed by atoms with Crippen LogP contribution in [-0.4, -0.2) is 26.6 Å². The topological polar surface area (TPSA) is 56.5 Å². The summed E-state index contributed by atoms with van der Waals surface area (Å²) in [6.45, 7) is 0.0404. The van der Waals surface area contributed by atoms with Crippen LogP contribution >= 0.6 is 23.4 Å². The Labute approximate surface area is 159 Å². The SMILES string of the molecule is CSc1ccc2cc(COC(=O)c3cn4ccccc4n3)c(Cl)nc2c1. The van der Waals surface area contributed by atoms with Gasteiger partial charge in [0.05, 0.1) is 5.52 Å². The van der Waals surface area contributed by atoms with E-state index in [9.17, 15) is 4.79 Å². The lowest BCUT2D eigenvalue weighted by Gasteiger charge is -2.07. The Hall–Kier alpha value is -2.57. The average molecular weight is 384 g/mol. The largest absolute Gasteiger partial charge is 0.456 e. The van der Waals surface area contributed by atoms with Crippen molar-refractivity contribution in [2.45, 2.75) is 11.5 Å². The summed E-state index contributed by atoms with van der Waals surface area (Å²) in [7, 11) is 0. The van der Waals surface area contributed by atoms with Crippen LogP contribution < -0.4 is 0 Å². The number of fused-ring (bicyclic) bond motifs is 2. The van der Waals surface area contributed by atoms with Crippen LogP contribution in [0, 0.1) is 0 Å². The van der Waals surface area contributed by atoms with Gasteiger partial charge in [-0.15, -0.1) is 11.8 Å². The molecule has 4 rings (SSSR count). The number of carbonyl (C=O) groups is 1. The summed E-state index contributed by atoms with van der Waals surface area (Å²) in [4.78, 5) is 22.1. The number of thioether (sulfide) groups is 1. The zero-order valence-corrected chi connectivity index (χ0v) is 15.4. The molecule has 0 aliphatic rings. The van der Waals surface area contributed by atoms with E-state index in [0.717, 1.165) is 15.8 Å². The molecule has 130 valence electrons. The molecule has 4 aromatic rings. The third-order valence-electron chi connectivity index (χ3n) is 3.98. The number of pyridine rings is 2. The number of imidazole rings is 1. The minimum atomic E-state index is -0.498. The van der Waals surface area contributed by atoms with Crippen molar-refractivity contribution >= 4 is 45.9 Å². The van der Waals surface area contributed by atoms with Crippen LogP contribution in [0.15, 0.2) is 59.8 Å². The lowest BCUT2D eigenvalue weighted by Crippen LogP contribution is -2.06. The molecule has 0 unspecified atom stereocenters. The van der Waals surface area contributed by atoms with Gasteiger partial charge in [0.25, 0.3) is 0 Å². The van der Waals surface area contributed by atoms with E-state index in [4.69, 9.17) is 16.3 Å². The number of ether oxygens (including phenoxy) is 1. The smallest absolute Gasteiger partial charge is 0.358 e. The van der Waals surface area contributed by atoms with Crippen molar-refractivity contribution < 1.29 is 9.53 Å². The van der Waals surface area contributed by atoms with Gasteiger partial charge in [-0.3, -0.25) is 0 Å². The van der Waals surface area contributed by atoms with Crippen molar-refractivity contribution in [2.24, 2.45) is 0 Å². The molecule has 0 bridgehead atoms. The maximum atomic E-state index is 12.3. The first-order valence-corrected chi connectivity index (χ1v) is 9.48. The first kappa shape index (κ1) is 16.9. The summed E-state index contributed by atoms with van der Waals surface area (Å²) in [5, 5.41) is 1.28. The molecule has 7 heteroatoms. The van der Waals surface area contributed by atoms with Crippen LogP contribution in [0.5, 0.6) is 0 Å². The second-order valence-corrected chi connectivity index (χ2v) is 6.90. The molecule has 26 heavy (non-hydrogen) atoms. The Balaban J connectivity index is 1.55. The number of benzene rings is 1. The Morgan fingerprint density at radius 3 is 2.92 bits per heavy atom. The Kier molecular flexibility index (Phi) is 4.53. The summed E-state index contributed by atoms with van der Waals surface area (Å²) in [6.07, 6.45) is 5.48. The van der Waals surface area contributed by atoms with Crippen LogP contribution in [0.1, 0.15) is 16.1 Å². The van der Waals surface area contributed by atoms with E-state index < -0.39 is 5.97 Å². The van der Waals surface area contributed by atoms with Gasteiger partial charge in [0.15, 0.2) is 5.69 Å². The van der Waals surface area contributed by atoms with Crippen LogP contribution in [0.2, 0.25) is 5.15 Å². The molecule has 5 nitrogen and oxygen atoms in total. The summed E-state index contributed by atoms with van der Waals surface area (Å²) in [5.74, 6) is -0.498. The van der Waals surface area contributed by atoms with Gasteiger partial charge in [0.1, 0.15) is 17.4 Å². The zero-order chi connectivity index (χ0) is 18.1. The molecule has 0 aliphatic heterocycles. The highest BCUT2D eigenvalue weighted by Crippen LogP contribution is 2.25. The second-order valence-electron chi connectivity index (χ2n) is 5.67. The lowest BCUT2D eigenvalue weighted by molar-refractivity contribution is 0.0466. The molecule has 3 heterocycles. The average Bonchev–Trinajstić information content (AvgIpc) is 3.10. The summed E-state index contributed by atoms with van der Waals surface area (Å²) < 4.78 is 7.14. The Morgan fingerprint density at radius 1 is 1.23 bits per heavy atom. The predicted molar refractivity (Wildman–Crippen MR) is 103 cm³/mol. The van der Waals surface area contributed by atoms with Gasteiger partial charge in [0, 0.05) is 28.2 Å². The quantitative estimate of drug-likeness (QED) is 0.292. The maximum absolute atomic E-state index is 12.3. The van der Waals surface area contributed by atoms with E-state index in [1.807, 2.05) is 54.9 Å². The molecule has 0 amide bonds. The highest BCUT2D eigenvalue weighted by atomic mass is 35.5. The molecule has 0 radical (unpaired) electrons. The van der Waals surface area contributed by atoms with Gasteiger partial charge in [-0.25, -0.2) is 14.8 Å². The fourth-order valence-corrected chi connectivity index (χ4v) is 3.28. The molecule has 0 spiro atoms. The molecule has 0 aliphatic carbocycles. The van der Waals surface area contributed by atoms with Crippen LogP contribution in [-0.2, 0) is 11.3 Å². The van der Waals surface area contributed by atoms with E-state index in [2.05, 4.69) is 9.97 Å². The second kappa shape index (κ2) is 6.97. The molecule has 1 aromatic carbocycles. The van der Waals surface area contributed by atoms with Crippen molar-refractivity contribution in [3.05, 3.63) is 71.3 Å². The number of hydrogen-bond donors (Lipinski definition) is 0. The fraction of sp³-hybridized carbons (Fsp3) is 0.105. The van der Waals surface area contributed by atoms with Gasteiger partial charge in [0.2, 0.25) is 0 Å². The van der Waals surface area contributed by atoms with E-state index >= 15 is 0 Å². The molecular weight excluding hydrogens is 370 g/mol. The first-order valence-electron chi connectivity index (χ1n) is 7.88. The molecule has 3 aromatic heterocycles. The van der Waals surface area contributed by atoms with Crippen molar-refractivity contribution in [3.8, 4) is 0 Å². The number of aromatic nitrogens is 3. The molecule has 0 fully saturated rings. The monoisotopic (exact) mass is 383 g/mol. The van der Waals surface area contributed by atoms with Gasteiger partial charge in [-0.2, -0.15) is 0 Å². The molecule has 0 saturated heterocycles. The molecule has 0 saturated carbocycles. The maximum Gasteiger partial charge on any atom is 0.358 e. The minimum absolute atomic E-state index is 0.0404. The van der Waals surface area contributed by atoms with E-state index in [-0.39, 0.29) is 12.3 Å². The van der Waals surface area contributed by atoms with E-state index in [1.54, 1.807) is 22.4 Å². The van der Waals surface area contributed by atoms with E-state index in [0.29, 0.717) is 16.4 Å². The van der Waals surface area contributed by atoms with Gasteiger partial charge in [-0.1, -0.05) is 23.7 Å². The summed E-state index contributed by atoms with van der Waals surface area (Å²) in [6, 6.07) is 13.4. The van der Waals surface area contributed by atoms with Crippen molar-refractivity contribution in [2.75, 3.05) is 6.26 Å². The standard InChI is InChI=1S/C19H14ClN3O2S/c1-26-14-6-5-12-8-13(18(20)22-15(12)9-14)11-25-19(24)16-10-23-7-3-2-4-17(23)21-16/h2-10H,11H2,1H3. The van der Waals surface area contributed by atoms with Crippen molar-refractivity contribution in [3.63, 3.8) is 0 Å². The van der Waals surface area contributed by atoms with Crippen LogP contribution in [0.3, 0.4) is 0 Å². The number of nitrogens with zero attached hydrogens (tertiary/aromatic N) is 3. The highest BCUT2D eigenvalue weighted by molar-refractivity contribution is 7.98. The molecular formula is C19H14ClN3O2S. The number of esters is 1. The number of carbonyl (C=O) groups excluding carboxylic acids is 1. The third-order valence-corrected chi connectivity index (χ3v) is 5.04. The van der Waals surface area contributed by atoms with Gasteiger partial charge < -0.3 is 9.14 Å². The zero-order valence-electron chi connectivity index (χ0n) is 13.8. The predicted octanol–water partition coefficient (Wildman–Crippen LogP) is 4.61. The van der Waals surface area contributed by atoms with Gasteiger partial charge in [-0.05, 0) is 36.6 Å². The fourth-order valence-electron chi connectivity index (χ4n) is 2.65. The summed E-state index contributed by atoms with van der Waals surface area (Å²) in [5.41, 5.74) is 2.42. The van der Waals surface area contributed by atoms with Crippen LogP contribution in [0.4, 0.5) is 0 Å². The highest BCUT2D eigenvalue weighted by Gasteiger charge is 2.14. The Bertz CT molecular complexity index is 1090. The number of rotatable bonds is 4. The number of hydrogen-bond acceptors (Lipinski definition) is 5. The molecule has 0 N–H and O–H groups in total. The number of halogens is 1. The summed E-state index contributed by atoms with van der Waals surface area (Å²) >= 11 is 7.91. The minimum Gasteiger partial charge on any atom is -0.456 e. The lowest BCUT2D eigenvalue weighted by atomic mass is 10.2. The van der Waals surface area contributed by atoms with Crippen molar-refractivity contribution in [1.29, 1.82) is 0 Å². The first-order chi connectivity index (χ1) is 12.6. The molecule has 0 atom stereocenters. The Morgan fingerprint density at radius 2 is 2.12 bits per heavy atom. The van der Waals surface area contributed by atoms with E-state index in [1.165, 1.54) is 0 Å². The van der Waals surface area contributed by atoms with Gasteiger partial charge >= 0.3 is 5.97 Å². The normalized spacial score (nSPS) is 11.2. The third kappa shape index (κ3) is 3.25. The van der Waals surface area contributed by atoms with Crippen molar-refractivity contribution in [1.82, 2.24) is 14.4 Å². The van der Waals surface area contributed by atoms with Crippen LogP contribution in [0.25, 0.3) is 16.6 Å².